The Labute approximate surface area is 167 Å². The summed E-state index contributed by atoms with van der Waals surface area (Å²) in [6.07, 6.45) is 0.959. The van der Waals surface area contributed by atoms with Gasteiger partial charge < -0.3 is 10.6 Å². The maximum absolute atomic E-state index is 12.1. The number of para-hydroxylation sites is 1. The van der Waals surface area contributed by atoms with Crippen molar-refractivity contribution in [3.8, 4) is 5.69 Å². The third kappa shape index (κ3) is 3.33. The van der Waals surface area contributed by atoms with Crippen LogP contribution in [0.5, 0.6) is 0 Å². The van der Waals surface area contributed by atoms with E-state index in [1.54, 1.807) is 0 Å². The van der Waals surface area contributed by atoms with Crippen LogP contribution in [-0.2, 0) is 5.41 Å². The number of fused-ring (bicyclic) bond motifs is 1. The van der Waals surface area contributed by atoms with Gasteiger partial charge in [-0.2, -0.15) is 0 Å². The topological polar surface area (TPSA) is 51.3 Å². The maximum atomic E-state index is 12.1. The minimum Gasteiger partial charge on any atom is -0.354 e. The first-order chi connectivity index (χ1) is 13.1. The number of likely N-dealkylation sites (N-methyl/N-ethyl adjacent to an activating group) is 1. The molecule has 3 rings (SSSR count). The molecule has 1 aromatic heterocycles. The van der Waals surface area contributed by atoms with Crippen LogP contribution in [0.2, 0.25) is 0 Å². The molecule has 3 aromatic rings. The summed E-state index contributed by atoms with van der Waals surface area (Å²) >= 11 is 0. The molecule has 0 unspecified atom stereocenters. The van der Waals surface area contributed by atoms with E-state index in [4.69, 9.17) is 5.73 Å². The quantitative estimate of drug-likeness (QED) is 0.643. The van der Waals surface area contributed by atoms with E-state index in [0.29, 0.717) is 12.1 Å². The number of rotatable bonds is 5. The third-order valence-corrected chi connectivity index (χ3v) is 5.72. The van der Waals surface area contributed by atoms with Crippen LogP contribution in [0.25, 0.3) is 16.6 Å². The van der Waals surface area contributed by atoms with Crippen LogP contribution in [0.1, 0.15) is 50.5 Å². The van der Waals surface area contributed by atoms with Crippen LogP contribution >= 0.6 is 0 Å². The number of aldehydes is 1. The number of nitrogens with zero attached hydrogens (tertiary/aromatic N) is 2. The summed E-state index contributed by atoms with van der Waals surface area (Å²) < 4.78 is 2.17. The van der Waals surface area contributed by atoms with Crippen LogP contribution < -0.4 is 10.6 Å². The molecule has 0 radical (unpaired) electrons. The van der Waals surface area contributed by atoms with Crippen LogP contribution in [0.3, 0.4) is 0 Å². The van der Waals surface area contributed by atoms with Crippen LogP contribution in [0.15, 0.2) is 48.5 Å². The van der Waals surface area contributed by atoms with Crippen molar-refractivity contribution in [3.05, 3.63) is 59.7 Å². The van der Waals surface area contributed by atoms with Gasteiger partial charge in [-0.1, -0.05) is 51.1 Å². The number of hydrogen-bond donors (Lipinski definition) is 1. The molecule has 28 heavy (non-hydrogen) atoms. The fraction of sp³-hybridized carbons (Fsp3) is 0.375. The lowest BCUT2D eigenvalue weighted by atomic mass is 9.87. The van der Waals surface area contributed by atoms with Crippen molar-refractivity contribution in [2.24, 2.45) is 5.73 Å². The predicted octanol–water partition coefficient (Wildman–Crippen LogP) is 4.91. The molecule has 0 fully saturated rings. The highest BCUT2D eigenvalue weighted by molar-refractivity contribution is 6.05. The molecule has 0 saturated heterocycles. The van der Waals surface area contributed by atoms with Gasteiger partial charge in [0.15, 0.2) is 6.29 Å². The molecule has 0 aliphatic rings. The van der Waals surface area contributed by atoms with Crippen molar-refractivity contribution < 1.29 is 4.79 Å². The standard InChI is InChI=1S/C24H31N3O/c1-23(2,3)17-11-13-18(14-12-17)27-21-10-8-7-9-19(21)20(15-28)22(27)26(6)24(4,5)16-25/h7-15H,16,25H2,1-6H3. The lowest BCUT2D eigenvalue weighted by Gasteiger charge is -2.37. The van der Waals surface area contributed by atoms with Gasteiger partial charge in [-0.3, -0.25) is 9.36 Å². The Morgan fingerprint density at radius 2 is 1.61 bits per heavy atom. The molecule has 0 aliphatic heterocycles. The van der Waals surface area contributed by atoms with Crippen molar-refractivity contribution in [2.45, 2.75) is 45.6 Å². The van der Waals surface area contributed by atoms with Crippen molar-refractivity contribution in [3.63, 3.8) is 0 Å². The second-order valence-corrected chi connectivity index (χ2v) is 9.08. The molecule has 2 N–H and O–H groups in total. The van der Waals surface area contributed by atoms with Gasteiger partial charge in [-0.25, -0.2) is 0 Å². The van der Waals surface area contributed by atoms with Crippen molar-refractivity contribution in [1.29, 1.82) is 0 Å². The number of nitrogens with two attached hydrogens (primary N) is 1. The first-order valence-electron chi connectivity index (χ1n) is 9.75. The molecule has 0 spiro atoms. The van der Waals surface area contributed by atoms with Crippen molar-refractivity contribution >= 4 is 23.0 Å². The van der Waals surface area contributed by atoms with Crippen LogP contribution in [0.4, 0.5) is 5.82 Å². The van der Waals surface area contributed by atoms with Gasteiger partial charge in [0, 0.05) is 30.2 Å². The molecule has 0 atom stereocenters. The first kappa shape index (κ1) is 20.2. The SMILES string of the molecule is CN(c1c(C=O)c2ccccc2n1-c1ccc(C(C)(C)C)cc1)C(C)(C)CN. The molecule has 0 aliphatic carbocycles. The van der Waals surface area contributed by atoms with Crippen molar-refractivity contribution in [1.82, 2.24) is 4.57 Å². The Kier molecular flexibility index (Phi) is 5.11. The summed E-state index contributed by atoms with van der Waals surface area (Å²) in [7, 11) is 2.01. The van der Waals surface area contributed by atoms with E-state index in [1.165, 1.54) is 5.56 Å². The van der Waals surface area contributed by atoms with E-state index in [-0.39, 0.29) is 11.0 Å². The third-order valence-electron chi connectivity index (χ3n) is 5.72. The Bertz CT molecular complexity index is 991. The van der Waals surface area contributed by atoms with Gasteiger partial charge in [0.05, 0.1) is 11.1 Å². The summed E-state index contributed by atoms with van der Waals surface area (Å²) in [5.41, 5.74) is 9.86. The number of carbonyl (C=O) groups excluding carboxylic acids is 1. The Balaban J connectivity index is 2.32. The highest BCUT2D eigenvalue weighted by Crippen LogP contribution is 2.37. The van der Waals surface area contributed by atoms with Gasteiger partial charge in [-0.15, -0.1) is 0 Å². The molecule has 4 heteroatoms. The zero-order valence-corrected chi connectivity index (χ0v) is 17.8. The first-order valence-corrected chi connectivity index (χ1v) is 9.75. The molecular weight excluding hydrogens is 346 g/mol. The largest absolute Gasteiger partial charge is 0.354 e. The monoisotopic (exact) mass is 377 g/mol. The summed E-state index contributed by atoms with van der Waals surface area (Å²) in [5, 5.41) is 0.951. The molecule has 0 amide bonds. The number of anilines is 1. The van der Waals surface area contributed by atoms with Gasteiger partial charge in [-0.05, 0) is 43.0 Å². The predicted molar refractivity (Wildman–Crippen MR) is 119 cm³/mol. The van der Waals surface area contributed by atoms with E-state index >= 15 is 0 Å². The second-order valence-electron chi connectivity index (χ2n) is 9.08. The Morgan fingerprint density at radius 1 is 1.00 bits per heavy atom. The molecule has 1 heterocycles. The molecule has 4 nitrogen and oxygen atoms in total. The molecule has 2 aromatic carbocycles. The average molecular weight is 378 g/mol. The Hall–Kier alpha value is -2.59. The maximum Gasteiger partial charge on any atom is 0.154 e. The summed E-state index contributed by atoms with van der Waals surface area (Å²) in [6, 6.07) is 16.7. The van der Waals surface area contributed by atoms with Gasteiger partial charge in [0.1, 0.15) is 5.82 Å². The van der Waals surface area contributed by atoms with E-state index in [0.717, 1.165) is 28.7 Å². The van der Waals surface area contributed by atoms with E-state index < -0.39 is 0 Å². The van der Waals surface area contributed by atoms with Crippen LogP contribution in [0, 0.1) is 0 Å². The minimum atomic E-state index is -0.296. The lowest BCUT2D eigenvalue weighted by molar-refractivity contribution is 0.112. The fourth-order valence-electron chi connectivity index (χ4n) is 3.49. The second kappa shape index (κ2) is 7.10. The summed E-state index contributed by atoms with van der Waals surface area (Å²) in [5.74, 6) is 0.871. The zero-order chi connectivity index (χ0) is 20.7. The number of hydrogen-bond acceptors (Lipinski definition) is 3. The minimum absolute atomic E-state index is 0.0897. The van der Waals surface area contributed by atoms with E-state index in [1.807, 2.05) is 25.2 Å². The van der Waals surface area contributed by atoms with Gasteiger partial charge in [0.2, 0.25) is 0 Å². The number of carbonyl (C=O) groups is 1. The normalized spacial score (nSPS) is 12.4. The molecule has 0 bridgehead atoms. The molecule has 148 valence electrons. The molecule has 0 saturated carbocycles. The van der Waals surface area contributed by atoms with Gasteiger partial charge in [0.25, 0.3) is 0 Å². The summed E-state index contributed by atoms with van der Waals surface area (Å²) in [6.45, 7) is 11.3. The lowest BCUT2D eigenvalue weighted by Crippen LogP contribution is -2.48. The molecular formula is C24H31N3O. The number of benzene rings is 2. The zero-order valence-electron chi connectivity index (χ0n) is 17.8. The van der Waals surface area contributed by atoms with Crippen LogP contribution in [-0.4, -0.2) is 30.0 Å². The highest BCUT2D eigenvalue weighted by Gasteiger charge is 2.29. The summed E-state index contributed by atoms with van der Waals surface area (Å²) in [4.78, 5) is 14.2. The Morgan fingerprint density at radius 3 is 2.14 bits per heavy atom. The smallest absolute Gasteiger partial charge is 0.154 e. The number of aromatic nitrogens is 1. The van der Waals surface area contributed by atoms with Crippen molar-refractivity contribution in [2.75, 3.05) is 18.5 Å². The van der Waals surface area contributed by atoms with Gasteiger partial charge >= 0.3 is 0 Å². The highest BCUT2D eigenvalue weighted by atomic mass is 16.1. The average Bonchev–Trinajstić information content (AvgIpc) is 3.00. The van der Waals surface area contributed by atoms with E-state index in [9.17, 15) is 4.79 Å². The fourth-order valence-corrected chi connectivity index (χ4v) is 3.49. The van der Waals surface area contributed by atoms with E-state index in [2.05, 4.69) is 74.4 Å².